The summed E-state index contributed by atoms with van der Waals surface area (Å²) < 4.78 is 6.96. The first-order valence-electron chi connectivity index (χ1n) is 5.23. The molecule has 0 aromatic carbocycles. The number of aryl methyl sites for hydroxylation is 2. The van der Waals surface area contributed by atoms with Gasteiger partial charge in [-0.05, 0) is 6.92 Å². The van der Waals surface area contributed by atoms with Crippen molar-refractivity contribution >= 4 is 0 Å². The van der Waals surface area contributed by atoms with Crippen molar-refractivity contribution in [3.8, 4) is 0 Å². The Kier molecular flexibility index (Phi) is 3.31. The highest BCUT2D eigenvalue weighted by atomic mass is 16.5. The van der Waals surface area contributed by atoms with Crippen molar-refractivity contribution in [2.45, 2.75) is 26.9 Å². The minimum absolute atomic E-state index is 0.599. The van der Waals surface area contributed by atoms with Gasteiger partial charge in [-0.3, -0.25) is 0 Å². The molecule has 16 heavy (non-hydrogen) atoms. The maximum Gasteiger partial charge on any atom is 0.223 e. The van der Waals surface area contributed by atoms with Gasteiger partial charge in [0.25, 0.3) is 0 Å². The van der Waals surface area contributed by atoms with Gasteiger partial charge >= 0.3 is 0 Å². The maximum atomic E-state index is 4.87. The largest absolute Gasteiger partial charge is 0.340 e. The molecule has 86 valence electrons. The zero-order chi connectivity index (χ0) is 11.4. The zero-order valence-corrected chi connectivity index (χ0v) is 9.47. The van der Waals surface area contributed by atoms with Crippen LogP contribution < -0.4 is 5.32 Å². The second-order valence-corrected chi connectivity index (χ2v) is 3.57. The number of aromatic nitrogens is 4. The number of nitrogens with zero attached hydrogens (tertiary/aromatic N) is 4. The van der Waals surface area contributed by atoms with E-state index in [4.69, 9.17) is 4.52 Å². The lowest BCUT2D eigenvalue weighted by molar-refractivity contribution is 0.385. The Morgan fingerprint density at radius 1 is 1.44 bits per heavy atom. The lowest BCUT2D eigenvalue weighted by Gasteiger charge is -2.04. The van der Waals surface area contributed by atoms with Gasteiger partial charge in [0.2, 0.25) is 5.89 Å². The first-order chi connectivity index (χ1) is 7.75. The van der Waals surface area contributed by atoms with E-state index in [1.807, 2.05) is 13.1 Å². The molecule has 2 rings (SSSR count). The van der Waals surface area contributed by atoms with Crippen LogP contribution in [0.3, 0.4) is 0 Å². The van der Waals surface area contributed by atoms with Gasteiger partial charge in [0.05, 0.1) is 6.54 Å². The molecule has 2 heterocycles. The van der Waals surface area contributed by atoms with Crippen LogP contribution in [0.5, 0.6) is 0 Å². The van der Waals surface area contributed by atoms with Crippen LogP contribution in [0.4, 0.5) is 0 Å². The molecule has 0 spiro atoms. The van der Waals surface area contributed by atoms with E-state index in [2.05, 4.69) is 25.0 Å². The Morgan fingerprint density at radius 2 is 2.31 bits per heavy atom. The van der Waals surface area contributed by atoms with Gasteiger partial charge in [-0.15, -0.1) is 0 Å². The lowest BCUT2D eigenvalue weighted by atomic mass is 10.5. The van der Waals surface area contributed by atoms with Crippen molar-refractivity contribution in [2.24, 2.45) is 0 Å². The Hall–Kier alpha value is -1.69. The third-order valence-electron chi connectivity index (χ3n) is 2.31. The molecule has 0 saturated heterocycles. The van der Waals surface area contributed by atoms with Crippen LogP contribution >= 0.6 is 0 Å². The van der Waals surface area contributed by atoms with E-state index in [1.165, 1.54) is 0 Å². The van der Waals surface area contributed by atoms with Crippen molar-refractivity contribution in [2.75, 3.05) is 6.54 Å². The molecule has 0 saturated carbocycles. The Labute approximate surface area is 93.7 Å². The van der Waals surface area contributed by atoms with Gasteiger partial charge in [0, 0.05) is 32.4 Å². The van der Waals surface area contributed by atoms with Crippen LogP contribution in [0, 0.1) is 13.8 Å². The fraction of sp³-hybridized carbons (Fsp3) is 0.500. The summed E-state index contributed by atoms with van der Waals surface area (Å²) in [7, 11) is 0. The van der Waals surface area contributed by atoms with E-state index in [-0.39, 0.29) is 0 Å². The van der Waals surface area contributed by atoms with Crippen molar-refractivity contribution in [3.05, 3.63) is 29.9 Å². The first kappa shape index (κ1) is 10.8. The van der Waals surface area contributed by atoms with E-state index in [0.29, 0.717) is 18.3 Å². The summed E-state index contributed by atoms with van der Waals surface area (Å²) in [5, 5.41) is 7.05. The van der Waals surface area contributed by atoms with Crippen molar-refractivity contribution < 1.29 is 4.52 Å². The molecule has 0 amide bonds. The summed E-state index contributed by atoms with van der Waals surface area (Å²) >= 11 is 0. The second-order valence-electron chi connectivity index (χ2n) is 3.57. The number of rotatable bonds is 5. The number of imidazole rings is 1. The first-order valence-corrected chi connectivity index (χ1v) is 5.23. The summed E-state index contributed by atoms with van der Waals surface area (Å²) in [5.74, 6) is 2.32. The van der Waals surface area contributed by atoms with Gasteiger partial charge in [-0.25, -0.2) is 4.98 Å². The van der Waals surface area contributed by atoms with E-state index in [1.54, 1.807) is 13.1 Å². The van der Waals surface area contributed by atoms with Crippen LogP contribution in [-0.2, 0) is 13.1 Å². The molecule has 2 aromatic heterocycles. The quantitative estimate of drug-likeness (QED) is 0.752. The Morgan fingerprint density at radius 3 is 2.94 bits per heavy atom. The fourth-order valence-corrected chi connectivity index (χ4v) is 1.45. The average molecular weight is 221 g/mol. The van der Waals surface area contributed by atoms with Crippen LogP contribution in [0.2, 0.25) is 0 Å². The van der Waals surface area contributed by atoms with Crippen LogP contribution in [0.1, 0.15) is 17.5 Å². The predicted octanol–water partition coefficient (Wildman–Crippen LogP) is 0.673. The fourth-order valence-electron chi connectivity index (χ4n) is 1.45. The number of nitrogens with one attached hydrogen (secondary N) is 1. The summed E-state index contributed by atoms with van der Waals surface area (Å²) in [6.45, 7) is 6.15. The summed E-state index contributed by atoms with van der Waals surface area (Å²) in [5.41, 5.74) is 0. The molecular weight excluding hydrogens is 206 g/mol. The Balaban J connectivity index is 1.71. The monoisotopic (exact) mass is 221 g/mol. The van der Waals surface area contributed by atoms with E-state index in [0.717, 1.165) is 18.9 Å². The number of hydrogen-bond donors (Lipinski definition) is 1. The van der Waals surface area contributed by atoms with Gasteiger partial charge in [-0.1, -0.05) is 5.16 Å². The van der Waals surface area contributed by atoms with E-state index in [9.17, 15) is 0 Å². The van der Waals surface area contributed by atoms with Crippen LogP contribution in [0.15, 0.2) is 16.9 Å². The minimum atomic E-state index is 0.599. The summed E-state index contributed by atoms with van der Waals surface area (Å²) in [6, 6.07) is 0. The summed E-state index contributed by atoms with van der Waals surface area (Å²) in [6.07, 6.45) is 3.77. The molecule has 0 bridgehead atoms. The van der Waals surface area contributed by atoms with Gasteiger partial charge in [-0.2, -0.15) is 4.98 Å². The average Bonchev–Trinajstić information content (AvgIpc) is 2.83. The minimum Gasteiger partial charge on any atom is -0.340 e. The summed E-state index contributed by atoms with van der Waals surface area (Å²) in [4.78, 5) is 8.26. The molecule has 0 aliphatic rings. The molecule has 0 atom stereocenters. The molecule has 6 nitrogen and oxygen atoms in total. The smallest absolute Gasteiger partial charge is 0.223 e. The Bertz CT molecular complexity index is 448. The highest BCUT2D eigenvalue weighted by molar-refractivity contribution is 4.88. The molecule has 0 aliphatic carbocycles. The molecule has 6 heteroatoms. The molecule has 1 N–H and O–H groups in total. The van der Waals surface area contributed by atoms with Gasteiger partial charge in [0.1, 0.15) is 5.82 Å². The topological polar surface area (TPSA) is 68.8 Å². The number of hydrogen-bond acceptors (Lipinski definition) is 5. The van der Waals surface area contributed by atoms with Gasteiger partial charge < -0.3 is 14.4 Å². The molecule has 0 radical (unpaired) electrons. The zero-order valence-electron chi connectivity index (χ0n) is 9.47. The SMILES string of the molecule is Cc1nc(CNCCn2ccnc2C)no1. The van der Waals surface area contributed by atoms with Crippen LogP contribution in [0.25, 0.3) is 0 Å². The molecule has 2 aromatic rings. The predicted molar refractivity (Wildman–Crippen MR) is 57.7 cm³/mol. The van der Waals surface area contributed by atoms with Gasteiger partial charge in [0.15, 0.2) is 5.82 Å². The van der Waals surface area contributed by atoms with Crippen molar-refractivity contribution in [3.63, 3.8) is 0 Å². The van der Waals surface area contributed by atoms with E-state index >= 15 is 0 Å². The lowest BCUT2D eigenvalue weighted by Crippen LogP contribution is -2.20. The molecule has 0 unspecified atom stereocenters. The van der Waals surface area contributed by atoms with Crippen molar-refractivity contribution in [1.29, 1.82) is 0 Å². The molecule has 0 aliphatic heterocycles. The standard InChI is InChI=1S/C10H15N5O/c1-8-12-4-6-15(8)5-3-11-7-10-13-9(2)16-14-10/h4,6,11H,3,5,7H2,1-2H3. The molecule has 0 fully saturated rings. The van der Waals surface area contributed by atoms with Crippen molar-refractivity contribution in [1.82, 2.24) is 25.0 Å². The van der Waals surface area contributed by atoms with Crippen LogP contribution in [-0.4, -0.2) is 26.2 Å². The van der Waals surface area contributed by atoms with E-state index < -0.39 is 0 Å². The third kappa shape index (κ3) is 2.66. The molecular formula is C10H15N5O. The second kappa shape index (κ2) is 4.89. The highest BCUT2D eigenvalue weighted by Gasteiger charge is 2.01. The normalized spacial score (nSPS) is 10.9. The third-order valence-corrected chi connectivity index (χ3v) is 2.31. The highest BCUT2D eigenvalue weighted by Crippen LogP contribution is 1.95. The maximum absolute atomic E-state index is 4.87.